The highest BCUT2D eigenvalue weighted by Crippen LogP contribution is 2.38. The van der Waals surface area contributed by atoms with Crippen molar-refractivity contribution in [1.82, 2.24) is 20.9 Å². The Morgan fingerprint density at radius 1 is 1.22 bits per heavy atom. The summed E-state index contributed by atoms with van der Waals surface area (Å²) in [6.07, 6.45) is 0.935. The third-order valence-corrected chi connectivity index (χ3v) is 7.00. The first-order valence-electron chi connectivity index (χ1n) is 11.6. The van der Waals surface area contributed by atoms with Gasteiger partial charge in [-0.15, -0.1) is 0 Å². The lowest BCUT2D eigenvalue weighted by Crippen LogP contribution is -2.52. The molecule has 4 heterocycles. The van der Waals surface area contributed by atoms with Gasteiger partial charge in [0.1, 0.15) is 11.5 Å². The number of furan rings is 1. The molecule has 5 amide bonds. The summed E-state index contributed by atoms with van der Waals surface area (Å²) in [5, 5.41) is 7.69. The number of rotatable bonds is 6. The number of hydrogen-bond acceptors (Lipinski definition) is 6. The average Bonchev–Trinajstić information content (AvgIpc) is 3.47. The Kier molecular flexibility index (Phi) is 5.57. The molecule has 3 N–H and O–H groups in total. The topological polar surface area (TPSA) is 130 Å². The number of hydrogen-bond donors (Lipinski definition) is 3. The highest BCUT2D eigenvalue weighted by atomic mass is 19.1. The third kappa shape index (κ3) is 3.53. The monoisotopic (exact) mass is 496 g/mol. The third-order valence-electron chi connectivity index (χ3n) is 7.00. The molecule has 1 fully saturated rings. The van der Waals surface area contributed by atoms with Crippen LogP contribution in [-0.2, 0) is 21.7 Å². The van der Waals surface area contributed by atoms with Crippen LogP contribution in [0.2, 0.25) is 0 Å². The second kappa shape index (κ2) is 8.51. The van der Waals surface area contributed by atoms with Crippen molar-refractivity contribution >= 4 is 29.3 Å². The molecule has 5 rings (SSSR count). The first kappa shape index (κ1) is 23.6. The number of amides is 5. The molecule has 3 aliphatic rings. The lowest BCUT2D eigenvalue weighted by molar-refractivity contribution is -0.125. The molecule has 10 nitrogen and oxygen atoms in total. The number of nitrogens with one attached hydrogen (secondary N) is 3. The van der Waals surface area contributed by atoms with Crippen LogP contribution < -0.4 is 20.7 Å². The summed E-state index contributed by atoms with van der Waals surface area (Å²) in [5.74, 6) is -1.56. The van der Waals surface area contributed by atoms with E-state index in [9.17, 15) is 23.6 Å². The Hall–Kier alpha value is -4.15. The van der Waals surface area contributed by atoms with Crippen molar-refractivity contribution in [3.8, 4) is 5.75 Å². The van der Waals surface area contributed by atoms with Gasteiger partial charge < -0.3 is 24.7 Å². The van der Waals surface area contributed by atoms with Crippen molar-refractivity contribution in [3.63, 3.8) is 0 Å². The lowest BCUT2D eigenvalue weighted by atomic mass is 9.90. The van der Waals surface area contributed by atoms with Gasteiger partial charge in [-0.3, -0.25) is 19.7 Å². The summed E-state index contributed by atoms with van der Waals surface area (Å²) in [6.45, 7) is 3.78. The van der Waals surface area contributed by atoms with Crippen LogP contribution in [0.3, 0.4) is 0 Å². The first-order chi connectivity index (χ1) is 17.2. The Bertz CT molecular complexity index is 1360. The van der Waals surface area contributed by atoms with Crippen LogP contribution in [0.5, 0.6) is 5.75 Å². The van der Waals surface area contributed by atoms with Crippen LogP contribution in [0.4, 0.5) is 9.18 Å². The Morgan fingerprint density at radius 3 is 2.67 bits per heavy atom. The highest BCUT2D eigenvalue weighted by Gasteiger charge is 2.53. The number of carbonyl (C=O) groups excluding carboxylic acids is 4. The van der Waals surface area contributed by atoms with Crippen LogP contribution >= 0.6 is 0 Å². The summed E-state index contributed by atoms with van der Waals surface area (Å²) in [5.41, 5.74) is 1.16. The van der Waals surface area contributed by atoms with E-state index in [1.807, 2.05) is 6.92 Å². The molecule has 1 aromatic heterocycles. The van der Waals surface area contributed by atoms with E-state index in [1.54, 1.807) is 19.1 Å². The number of carbonyl (C=O) groups is 4. The molecular weight excluding hydrogens is 471 g/mol. The quantitative estimate of drug-likeness (QED) is 0.526. The number of methoxy groups -OCH3 is 1. The zero-order chi connectivity index (χ0) is 25.8. The molecule has 2 aromatic rings. The second-order valence-corrected chi connectivity index (χ2v) is 9.06. The molecule has 1 aromatic carbocycles. The molecule has 0 bridgehead atoms. The summed E-state index contributed by atoms with van der Waals surface area (Å²) in [4.78, 5) is 51.8. The number of ether oxygens (including phenoxy) is 1. The van der Waals surface area contributed by atoms with Gasteiger partial charge in [-0.25, -0.2) is 9.18 Å². The van der Waals surface area contributed by atoms with E-state index in [0.717, 1.165) is 11.1 Å². The zero-order valence-corrected chi connectivity index (χ0v) is 20.0. The predicted molar refractivity (Wildman–Crippen MR) is 124 cm³/mol. The maximum absolute atomic E-state index is 14.9. The molecule has 1 atom stereocenters. The van der Waals surface area contributed by atoms with Crippen LogP contribution in [0, 0.1) is 12.7 Å². The zero-order valence-electron chi connectivity index (χ0n) is 20.0. The van der Waals surface area contributed by atoms with E-state index < -0.39 is 29.2 Å². The Morgan fingerprint density at radius 2 is 2.00 bits per heavy atom. The lowest BCUT2D eigenvalue weighted by Gasteiger charge is -2.29. The number of aryl methyl sites for hydroxylation is 1. The minimum Gasteiger partial charge on any atom is -0.494 e. The summed E-state index contributed by atoms with van der Waals surface area (Å²) in [7, 11) is 1.31. The van der Waals surface area contributed by atoms with Crippen molar-refractivity contribution in [2.45, 2.75) is 38.8 Å². The van der Waals surface area contributed by atoms with Gasteiger partial charge in [0, 0.05) is 25.1 Å². The van der Waals surface area contributed by atoms with Gasteiger partial charge >= 0.3 is 6.03 Å². The van der Waals surface area contributed by atoms with Crippen LogP contribution in [0.15, 0.2) is 28.2 Å². The van der Waals surface area contributed by atoms with Gasteiger partial charge in [0.25, 0.3) is 11.8 Å². The Balaban J connectivity index is 1.54. The number of benzene rings is 1. The standard InChI is InChI=1S/C25H25FN4O6/c1-4-13-7-19(31)27-9-16(13)15-8-18(36-12(15)2)25(23(33)28-24(34)29-25)11-30-10-14-5-6-17(35-3)21(26)20(14)22(30)32/h5-6,8H,4,7,9-11H2,1-3H3,(H,27,31)(H2,28,29,33,34)/t25-/m0/s1. The molecule has 0 aliphatic carbocycles. The SMILES string of the molecule is CCC1=C(c2cc([C@]3(CN4Cc5ccc(OC)c(F)c5C4=O)NC(=O)NC3=O)oc2C)CNC(=O)C1. The van der Waals surface area contributed by atoms with Gasteiger partial charge in [-0.05, 0) is 36.6 Å². The Labute approximate surface area is 205 Å². The number of halogens is 1. The number of nitrogens with zero attached hydrogens (tertiary/aromatic N) is 1. The molecule has 36 heavy (non-hydrogen) atoms. The molecular formula is C25H25FN4O6. The smallest absolute Gasteiger partial charge is 0.322 e. The molecule has 0 saturated carbocycles. The maximum atomic E-state index is 14.9. The normalized spacial score (nSPS) is 21.5. The van der Waals surface area contributed by atoms with Crippen molar-refractivity contribution < 1.29 is 32.7 Å². The molecule has 11 heteroatoms. The summed E-state index contributed by atoms with van der Waals surface area (Å²) < 4.78 is 25.9. The minimum atomic E-state index is -1.72. The number of fused-ring (bicyclic) bond motifs is 1. The fourth-order valence-corrected chi connectivity index (χ4v) is 5.11. The van der Waals surface area contributed by atoms with Crippen LogP contribution in [0.1, 0.15) is 52.8 Å². The molecule has 0 unspecified atom stereocenters. The molecule has 0 spiro atoms. The first-order valence-corrected chi connectivity index (χ1v) is 11.6. The van der Waals surface area contributed by atoms with Crippen molar-refractivity contribution in [3.05, 3.63) is 57.8 Å². The van der Waals surface area contributed by atoms with Crippen LogP contribution in [-0.4, -0.2) is 48.9 Å². The molecule has 188 valence electrons. The van der Waals surface area contributed by atoms with Gasteiger partial charge in [0.15, 0.2) is 17.1 Å². The van der Waals surface area contributed by atoms with E-state index in [4.69, 9.17) is 9.15 Å². The van der Waals surface area contributed by atoms with Gasteiger partial charge in [0.05, 0.1) is 19.2 Å². The highest BCUT2D eigenvalue weighted by molar-refractivity contribution is 6.08. The summed E-state index contributed by atoms with van der Waals surface area (Å²) in [6, 6.07) is 3.97. The fraction of sp³-hybridized carbons (Fsp3) is 0.360. The van der Waals surface area contributed by atoms with Gasteiger partial charge in [0.2, 0.25) is 5.91 Å². The van der Waals surface area contributed by atoms with Gasteiger partial charge in [-0.1, -0.05) is 18.6 Å². The van der Waals surface area contributed by atoms with E-state index >= 15 is 0 Å². The van der Waals surface area contributed by atoms with E-state index in [2.05, 4.69) is 16.0 Å². The van der Waals surface area contributed by atoms with Crippen LogP contribution in [0.25, 0.3) is 5.57 Å². The summed E-state index contributed by atoms with van der Waals surface area (Å²) >= 11 is 0. The maximum Gasteiger partial charge on any atom is 0.322 e. The molecule has 0 radical (unpaired) electrons. The average molecular weight is 496 g/mol. The molecule has 1 saturated heterocycles. The number of imide groups is 1. The predicted octanol–water partition coefficient (Wildman–Crippen LogP) is 2.11. The van der Waals surface area contributed by atoms with E-state index in [1.165, 1.54) is 18.1 Å². The van der Waals surface area contributed by atoms with E-state index in [-0.39, 0.29) is 42.5 Å². The second-order valence-electron chi connectivity index (χ2n) is 9.06. The van der Waals surface area contributed by atoms with Crippen molar-refractivity contribution in [1.29, 1.82) is 0 Å². The van der Waals surface area contributed by atoms with Crippen molar-refractivity contribution in [2.75, 3.05) is 20.2 Å². The van der Waals surface area contributed by atoms with Crippen molar-refractivity contribution in [2.24, 2.45) is 0 Å². The largest absolute Gasteiger partial charge is 0.494 e. The van der Waals surface area contributed by atoms with Gasteiger partial charge in [-0.2, -0.15) is 0 Å². The fourth-order valence-electron chi connectivity index (χ4n) is 5.11. The molecule has 3 aliphatic heterocycles. The minimum absolute atomic E-state index is 0.0453. The number of urea groups is 1. The van der Waals surface area contributed by atoms with E-state index in [0.29, 0.717) is 29.9 Å².